The maximum Gasteiger partial charge on any atom is 0.250 e. The van der Waals surface area contributed by atoms with Gasteiger partial charge in [-0.15, -0.1) is 11.8 Å². The van der Waals surface area contributed by atoms with Crippen LogP contribution >= 0.6 is 11.8 Å². The van der Waals surface area contributed by atoms with Crippen molar-refractivity contribution in [2.45, 2.75) is 106 Å². The Labute approximate surface area is 215 Å². The molecule has 11 atom stereocenters. The molecule has 0 aromatic heterocycles. The Bertz CT molecular complexity index is 777. The summed E-state index contributed by atoms with van der Waals surface area (Å²) in [6, 6.07) is -1.28. The molecular weight excluding hydrogens is 494 g/mol. The van der Waals surface area contributed by atoms with E-state index >= 15 is 0 Å². The van der Waals surface area contributed by atoms with Crippen LogP contribution in [0.2, 0.25) is 0 Å². The zero-order valence-corrected chi connectivity index (χ0v) is 21.7. The second kappa shape index (κ2) is 12.4. The Balaban J connectivity index is 1.47. The molecule has 4 aliphatic rings. The van der Waals surface area contributed by atoms with Gasteiger partial charge in [-0.05, 0) is 49.9 Å². The molecule has 0 aromatic rings. The Morgan fingerprint density at radius 1 is 1.14 bits per heavy atom. The minimum absolute atomic E-state index is 0.0538. The van der Waals surface area contributed by atoms with E-state index in [0.717, 1.165) is 31.0 Å². The number of aliphatic hydroxyl groups is 3. The smallest absolute Gasteiger partial charge is 0.250 e. The highest BCUT2D eigenvalue weighted by Crippen LogP contribution is 2.37. The van der Waals surface area contributed by atoms with Crippen molar-refractivity contribution in [1.82, 2.24) is 10.6 Å². The van der Waals surface area contributed by atoms with Crippen LogP contribution in [0.25, 0.3) is 0 Å². The number of carbonyl (C=O) groups is 1. The van der Waals surface area contributed by atoms with Gasteiger partial charge in [0.25, 0.3) is 6.43 Å². The first-order chi connectivity index (χ1) is 17.2. The molecule has 0 aromatic carbocycles. The maximum absolute atomic E-state index is 13.5. The third kappa shape index (κ3) is 6.42. The number of amides is 1. The number of nitrogens with one attached hydrogen (secondary N) is 2. The molecule has 5 N–H and O–H groups in total. The van der Waals surface area contributed by atoms with Gasteiger partial charge in [0.2, 0.25) is 5.91 Å². The first-order valence-corrected chi connectivity index (χ1v) is 14.0. The number of hydrogen-bond acceptors (Lipinski definition) is 8. The fourth-order valence-corrected chi connectivity index (χ4v) is 7.20. The highest BCUT2D eigenvalue weighted by Gasteiger charge is 2.49. The Morgan fingerprint density at radius 2 is 1.89 bits per heavy atom. The topological polar surface area (TPSA) is 120 Å². The molecule has 3 saturated heterocycles. The molecule has 0 aliphatic carbocycles. The van der Waals surface area contributed by atoms with E-state index in [2.05, 4.69) is 24.5 Å². The van der Waals surface area contributed by atoms with E-state index in [9.17, 15) is 28.9 Å². The summed E-state index contributed by atoms with van der Waals surface area (Å²) in [5, 5.41) is 36.6. The van der Waals surface area contributed by atoms with Crippen LogP contribution in [-0.2, 0) is 14.3 Å². The Kier molecular flexibility index (Phi) is 9.68. The number of rotatable bonds is 5. The van der Waals surface area contributed by atoms with Crippen LogP contribution < -0.4 is 10.6 Å². The van der Waals surface area contributed by atoms with Crippen molar-refractivity contribution in [3.05, 3.63) is 12.2 Å². The quantitative estimate of drug-likeness (QED) is 0.336. The molecule has 3 fully saturated rings. The number of fused-ring (bicyclic) bond motifs is 3. The molecule has 206 valence electrons. The minimum Gasteiger partial charge on any atom is -0.388 e. The predicted octanol–water partition coefficient (Wildman–Crippen LogP) is 1.42. The molecule has 4 unspecified atom stereocenters. The number of hydrogen-bond donors (Lipinski definition) is 5. The summed E-state index contributed by atoms with van der Waals surface area (Å²) in [7, 11) is 0. The molecule has 0 saturated carbocycles. The van der Waals surface area contributed by atoms with Crippen molar-refractivity contribution in [2.75, 3.05) is 13.2 Å². The van der Waals surface area contributed by atoms with E-state index in [1.807, 2.05) is 0 Å². The number of aliphatic hydroxyl groups excluding tert-OH is 3. The van der Waals surface area contributed by atoms with Gasteiger partial charge in [0.05, 0.1) is 17.4 Å². The number of ether oxygens (including phenoxy) is 2. The van der Waals surface area contributed by atoms with Gasteiger partial charge in [-0.2, -0.15) is 0 Å². The van der Waals surface area contributed by atoms with Crippen molar-refractivity contribution in [3.8, 4) is 0 Å². The summed E-state index contributed by atoms with van der Waals surface area (Å²) in [6.45, 7) is 5.72. The highest BCUT2D eigenvalue weighted by atomic mass is 32.2. The Morgan fingerprint density at radius 3 is 2.61 bits per heavy atom. The summed E-state index contributed by atoms with van der Waals surface area (Å²) in [6.07, 6.45) is -1.86. The molecule has 0 spiro atoms. The maximum atomic E-state index is 13.5. The lowest BCUT2D eigenvalue weighted by Gasteiger charge is -2.44. The van der Waals surface area contributed by atoms with E-state index in [-0.39, 0.29) is 30.8 Å². The summed E-state index contributed by atoms with van der Waals surface area (Å²) in [4.78, 5) is 13.4. The van der Waals surface area contributed by atoms with Gasteiger partial charge in [-0.1, -0.05) is 26.0 Å². The van der Waals surface area contributed by atoms with Crippen LogP contribution in [0.15, 0.2) is 12.2 Å². The van der Waals surface area contributed by atoms with Gasteiger partial charge >= 0.3 is 0 Å². The highest BCUT2D eigenvalue weighted by molar-refractivity contribution is 8.00. The largest absolute Gasteiger partial charge is 0.388 e. The number of allylic oxidation sites excluding steroid dienone is 1. The van der Waals surface area contributed by atoms with Gasteiger partial charge in [0.1, 0.15) is 35.9 Å². The average Bonchev–Trinajstić information content (AvgIpc) is 3.11. The molecule has 0 radical (unpaired) electrons. The molecule has 4 rings (SSSR count). The first kappa shape index (κ1) is 28.2. The fourth-order valence-electron chi connectivity index (χ4n) is 6.00. The van der Waals surface area contributed by atoms with E-state index < -0.39 is 53.6 Å². The lowest BCUT2D eigenvalue weighted by Crippen LogP contribution is -2.64. The van der Waals surface area contributed by atoms with E-state index in [0.29, 0.717) is 25.0 Å². The van der Waals surface area contributed by atoms with Crippen LogP contribution in [0.4, 0.5) is 8.78 Å². The van der Waals surface area contributed by atoms with E-state index in [4.69, 9.17) is 9.47 Å². The lowest BCUT2D eigenvalue weighted by molar-refractivity contribution is -0.205. The third-order valence-electron chi connectivity index (χ3n) is 7.80. The number of carbonyl (C=O) groups excluding carboxylic acids is 1. The predicted molar refractivity (Wildman–Crippen MR) is 132 cm³/mol. The van der Waals surface area contributed by atoms with Gasteiger partial charge in [0.15, 0.2) is 0 Å². The zero-order valence-electron chi connectivity index (χ0n) is 20.8. The van der Waals surface area contributed by atoms with Gasteiger partial charge < -0.3 is 35.4 Å². The summed E-state index contributed by atoms with van der Waals surface area (Å²) >= 11 is 0.743. The molecule has 8 nitrogen and oxygen atoms in total. The van der Waals surface area contributed by atoms with Crippen molar-refractivity contribution in [3.63, 3.8) is 0 Å². The third-order valence-corrected chi connectivity index (χ3v) is 9.20. The standard InChI is InChI=1S/C25H40F2N2O6S/c1-12(2)9-13-7-8-34-21-14(10-13)11-28-17(21)24(33)29-15-5-3-4-6-16(23(26)27)36-25-20(32)18(30)19(31)22(15)35-25/h3-4,12-23,25,28,30-32H,5-11H2,1-2H3,(H,29,33)/b4-3-/t13?,14?,15-,16+,17?,18+,19-,20-,21?,22-,25-/m1/s1. The summed E-state index contributed by atoms with van der Waals surface area (Å²) in [5.41, 5.74) is -1.16. The number of thioether (sulfide) groups is 1. The second-order valence-electron chi connectivity index (χ2n) is 11.0. The number of halogens is 2. The van der Waals surface area contributed by atoms with Gasteiger partial charge in [-0.3, -0.25) is 4.79 Å². The van der Waals surface area contributed by atoms with Crippen LogP contribution in [0.1, 0.15) is 46.0 Å². The van der Waals surface area contributed by atoms with E-state index in [1.165, 1.54) is 0 Å². The van der Waals surface area contributed by atoms with Crippen LogP contribution in [0.5, 0.6) is 0 Å². The summed E-state index contributed by atoms with van der Waals surface area (Å²) < 4.78 is 39.0. The fraction of sp³-hybridized carbons (Fsp3) is 0.880. The molecule has 11 heteroatoms. The zero-order chi connectivity index (χ0) is 26.0. The van der Waals surface area contributed by atoms with Crippen LogP contribution in [0.3, 0.4) is 0 Å². The van der Waals surface area contributed by atoms with Crippen molar-refractivity contribution in [1.29, 1.82) is 0 Å². The summed E-state index contributed by atoms with van der Waals surface area (Å²) in [5.74, 6) is 1.12. The molecule has 2 bridgehead atoms. The SMILES string of the molecule is CC(C)CC1CCOC2C(CNC2C(=O)N[C@@H]2C/C=C\C[C@@H](C(F)F)S[C@H]3O[C@H]2[C@H](O)[C@H](O)[C@H]3O)C1. The first-order valence-electron chi connectivity index (χ1n) is 13.1. The van der Waals surface area contributed by atoms with Crippen LogP contribution in [0, 0.1) is 17.8 Å². The van der Waals surface area contributed by atoms with E-state index in [1.54, 1.807) is 12.2 Å². The van der Waals surface area contributed by atoms with Crippen molar-refractivity contribution in [2.24, 2.45) is 17.8 Å². The van der Waals surface area contributed by atoms with Gasteiger partial charge in [-0.25, -0.2) is 8.78 Å². The lowest BCUT2D eigenvalue weighted by atomic mass is 9.85. The molecule has 36 heavy (non-hydrogen) atoms. The second-order valence-corrected chi connectivity index (χ2v) is 12.4. The van der Waals surface area contributed by atoms with Crippen molar-refractivity contribution < 1.29 is 38.4 Å². The molecular formula is C25H40F2N2O6S. The van der Waals surface area contributed by atoms with Gasteiger partial charge in [0, 0.05) is 13.2 Å². The molecule has 4 aliphatic heterocycles. The minimum atomic E-state index is -2.64. The normalized spacial score (nSPS) is 44.6. The molecule has 1 amide bonds. The van der Waals surface area contributed by atoms with Crippen LogP contribution in [-0.4, -0.2) is 94.1 Å². The monoisotopic (exact) mass is 534 g/mol. The van der Waals surface area contributed by atoms with Crippen molar-refractivity contribution >= 4 is 17.7 Å². The number of alkyl halides is 2. The Hall–Kier alpha value is -0.820. The average molecular weight is 535 g/mol. The molecule has 4 heterocycles.